The van der Waals surface area contributed by atoms with Crippen LogP contribution >= 0.6 is 0 Å². The Bertz CT molecular complexity index is 383. The largest absolute Gasteiger partial charge is 0.492 e. The van der Waals surface area contributed by atoms with E-state index in [0.717, 1.165) is 25.3 Å². The molecular weight excluding hydrogens is 242 g/mol. The molecule has 1 aromatic carbocycles. The Balaban J connectivity index is 1.79. The molecule has 106 valence electrons. The Morgan fingerprint density at radius 1 is 1.42 bits per heavy atom. The smallest absolute Gasteiger partial charge is 0.122 e. The fourth-order valence-electron chi connectivity index (χ4n) is 2.28. The lowest BCUT2D eigenvalue weighted by Gasteiger charge is -2.21. The Morgan fingerprint density at radius 3 is 3.11 bits per heavy atom. The fourth-order valence-corrected chi connectivity index (χ4v) is 2.28. The number of aliphatic hydroxyl groups excluding tert-OH is 1. The molecule has 0 spiro atoms. The number of aryl methyl sites for hydroxylation is 1. The zero-order chi connectivity index (χ0) is 13.5. The van der Waals surface area contributed by atoms with Crippen molar-refractivity contribution in [2.75, 3.05) is 39.5 Å². The first-order valence-corrected chi connectivity index (χ1v) is 6.98. The van der Waals surface area contributed by atoms with E-state index in [4.69, 9.17) is 9.47 Å². The van der Waals surface area contributed by atoms with E-state index < -0.39 is 0 Å². The summed E-state index contributed by atoms with van der Waals surface area (Å²) in [6.45, 7) is 6.24. The highest BCUT2D eigenvalue weighted by Gasteiger charge is 2.16. The van der Waals surface area contributed by atoms with Crippen LogP contribution in [0.4, 0.5) is 0 Å². The Hall–Kier alpha value is -1.10. The molecule has 0 unspecified atom stereocenters. The molecule has 1 aliphatic heterocycles. The van der Waals surface area contributed by atoms with E-state index in [1.54, 1.807) is 0 Å². The van der Waals surface area contributed by atoms with Crippen molar-refractivity contribution in [2.24, 2.45) is 0 Å². The van der Waals surface area contributed by atoms with Crippen LogP contribution < -0.4 is 4.74 Å². The number of para-hydroxylation sites is 1. The van der Waals surface area contributed by atoms with E-state index in [0.29, 0.717) is 26.4 Å². The SMILES string of the molecule is CCc1ccccc1OCCN1CCOC[C@H](O)C1. The maximum absolute atomic E-state index is 9.65. The van der Waals surface area contributed by atoms with Crippen LogP contribution in [-0.4, -0.2) is 55.6 Å². The Kier molecular flexibility index (Phi) is 5.63. The van der Waals surface area contributed by atoms with Gasteiger partial charge >= 0.3 is 0 Å². The zero-order valence-electron chi connectivity index (χ0n) is 11.5. The van der Waals surface area contributed by atoms with Gasteiger partial charge in [-0.3, -0.25) is 4.90 Å². The summed E-state index contributed by atoms with van der Waals surface area (Å²) in [5.74, 6) is 0.969. The molecule has 0 amide bonds. The Morgan fingerprint density at radius 2 is 2.26 bits per heavy atom. The maximum atomic E-state index is 9.65. The van der Waals surface area contributed by atoms with Crippen LogP contribution in [0, 0.1) is 0 Å². The second kappa shape index (κ2) is 7.48. The summed E-state index contributed by atoms with van der Waals surface area (Å²) in [7, 11) is 0. The summed E-state index contributed by atoms with van der Waals surface area (Å²) in [5, 5.41) is 9.65. The third-order valence-corrected chi connectivity index (χ3v) is 3.35. The van der Waals surface area contributed by atoms with Gasteiger partial charge < -0.3 is 14.6 Å². The van der Waals surface area contributed by atoms with Gasteiger partial charge in [0.2, 0.25) is 0 Å². The van der Waals surface area contributed by atoms with Crippen molar-refractivity contribution in [2.45, 2.75) is 19.4 Å². The molecular formula is C15H23NO3. The van der Waals surface area contributed by atoms with Gasteiger partial charge in [-0.05, 0) is 18.1 Å². The molecule has 1 aromatic rings. The van der Waals surface area contributed by atoms with E-state index in [2.05, 4.69) is 17.9 Å². The third kappa shape index (κ3) is 4.49. The van der Waals surface area contributed by atoms with Crippen LogP contribution in [0.2, 0.25) is 0 Å². The molecule has 0 radical (unpaired) electrons. The standard InChI is InChI=1S/C15H23NO3/c1-2-13-5-3-4-6-15(13)19-10-8-16-7-9-18-12-14(17)11-16/h3-6,14,17H,2,7-12H2,1H3/t14-/m1/s1. The van der Waals surface area contributed by atoms with Gasteiger partial charge in [-0.1, -0.05) is 25.1 Å². The molecule has 4 nitrogen and oxygen atoms in total. The molecule has 0 saturated carbocycles. The molecule has 1 aliphatic rings. The first-order chi connectivity index (χ1) is 9.29. The van der Waals surface area contributed by atoms with Gasteiger partial charge in [0.1, 0.15) is 12.4 Å². The van der Waals surface area contributed by atoms with Gasteiger partial charge in [-0.15, -0.1) is 0 Å². The van der Waals surface area contributed by atoms with Crippen LogP contribution in [0.3, 0.4) is 0 Å². The summed E-state index contributed by atoms with van der Waals surface area (Å²) in [4.78, 5) is 2.19. The van der Waals surface area contributed by atoms with Crippen LogP contribution in [0.1, 0.15) is 12.5 Å². The molecule has 0 aliphatic carbocycles. The van der Waals surface area contributed by atoms with Gasteiger partial charge in [-0.2, -0.15) is 0 Å². The fraction of sp³-hybridized carbons (Fsp3) is 0.600. The van der Waals surface area contributed by atoms with E-state index in [1.165, 1.54) is 5.56 Å². The molecule has 1 fully saturated rings. The van der Waals surface area contributed by atoms with Crippen LogP contribution in [0.25, 0.3) is 0 Å². The van der Waals surface area contributed by atoms with Gasteiger partial charge in [0.25, 0.3) is 0 Å². The van der Waals surface area contributed by atoms with E-state index >= 15 is 0 Å². The van der Waals surface area contributed by atoms with Crippen LogP contribution in [0.5, 0.6) is 5.75 Å². The van der Waals surface area contributed by atoms with Gasteiger partial charge in [0, 0.05) is 19.6 Å². The zero-order valence-corrected chi connectivity index (χ0v) is 11.5. The molecule has 1 saturated heterocycles. The quantitative estimate of drug-likeness (QED) is 0.872. The summed E-state index contributed by atoms with van der Waals surface area (Å²) in [6, 6.07) is 8.14. The highest BCUT2D eigenvalue weighted by Crippen LogP contribution is 2.18. The molecule has 1 heterocycles. The highest BCUT2D eigenvalue weighted by atomic mass is 16.5. The topological polar surface area (TPSA) is 41.9 Å². The van der Waals surface area contributed by atoms with Crippen molar-refractivity contribution in [1.29, 1.82) is 0 Å². The average molecular weight is 265 g/mol. The number of ether oxygens (including phenoxy) is 2. The highest BCUT2D eigenvalue weighted by molar-refractivity contribution is 5.33. The van der Waals surface area contributed by atoms with Crippen molar-refractivity contribution >= 4 is 0 Å². The summed E-state index contributed by atoms with van der Waals surface area (Å²) in [6.07, 6.45) is 0.595. The minimum Gasteiger partial charge on any atom is -0.492 e. The minimum atomic E-state index is -0.384. The maximum Gasteiger partial charge on any atom is 0.122 e. The lowest BCUT2D eigenvalue weighted by molar-refractivity contribution is 0.0560. The van der Waals surface area contributed by atoms with Crippen LogP contribution in [0.15, 0.2) is 24.3 Å². The second-order valence-corrected chi connectivity index (χ2v) is 4.84. The molecule has 0 bridgehead atoms. The monoisotopic (exact) mass is 265 g/mol. The van der Waals surface area contributed by atoms with Crippen molar-refractivity contribution in [1.82, 2.24) is 4.90 Å². The second-order valence-electron chi connectivity index (χ2n) is 4.84. The number of nitrogens with zero attached hydrogens (tertiary/aromatic N) is 1. The molecule has 0 aromatic heterocycles. The number of benzene rings is 1. The molecule has 19 heavy (non-hydrogen) atoms. The summed E-state index contributed by atoms with van der Waals surface area (Å²) in [5.41, 5.74) is 1.24. The number of hydrogen-bond donors (Lipinski definition) is 1. The van der Waals surface area contributed by atoms with Gasteiger partial charge in [0.05, 0.1) is 19.3 Å². The van der Waals surface area contributed by atoms with Gasteiger partial charge in [0.15, 0.2) is 0 Å². The predicted octanol–water partition coefficient (Wildman–Crippen LogP) is 1.32. The van der Waals surface area contributed by atoms with E-state index in [9.17, 15) is 5.11 Å². The summed E-state index contributed by atoms with van der Waals surface area (Å²) < 4.78 is 11.1. The normalized spacial score (nSPS) is 21.1. The lowest BCUT2D eigenvalue weighted by atomic mass is 10.1. The molecule has 2 rings (SSSR count). The average Bonchev–Trinajstić information content (AvgIpc) is 2.64. The van der Waals surface area contributed by atoms with Gasteiger partial charge in [-0.25, -0.2) is 0 Å². The van der Waals surface area contributed by atoms with Crippen molar-refractivity contribution in [3.63, 3.8) is 0 Å². The van der Waals surface area contributed by atoms with Crippen LogP contribution in [-0.2, 0) is 11.2 Å². The minimum absolute atomic E-state index is 0.384. The van der Waals surface area contributed by atoms with E-state index in [1.807, 2.05) is 18.2 Å². The van der Waals surface area contributed by atoms with Crippen molar-refractivity contribution in [3.05, 3.63) is 29.8 Å². The Labute approximate surface area is 114 Å². The molecule has 1 atom stereocenters. The lowest BCUT2D eigenvalue weighted by Crippen LogP contribution is -2.35. The molecule has 4 heteroatoms. The predicted molar refractivity (Wildman–Crippen MR) is 74.6 cm³/mol. The molecule has 1 N–H and O–H groups in total. The first-order valence-electron chi connectivity index (χ1n) is 6.98. The number of hydrogen-bond acceptors (Lipinski definition) is 4. The summed E-state index contributed by atoms with van der Waals surface area (Å²) >= 11 is 0. The van der Waals surface area contributed by atoms with E-state index in [-0.39, 0.29) is 6.10 Å². The third-order valence-electron chi connectivity index (χ3n) is 3.35. The van der Waals surface area contributed by atoms with Crippen molar-refractivity contribution in [3.8, 4) is 5.75 Å². The number of β-amino-alcohol motifs (C(OH)–C–C–N with tert-alkyl or cyclic N) is 1. The number of aliphatic hydroxyl groups is 1. The van der Waals surface area contributed by atoms with Crippen molar-refractivity contribution < 1.29 is 14.6 Å². The first kappa shape index (κ1) is 14.3. The number of rotatable bonds is 5.